The lowest BCUT2D eigenvalue weighted by Gasteiger charge is -2.38. The lowest BCUT2D eigenvalue weighted by Crippen LogP contribution is -2.50. The number of hydrogen-bond donors (Lipinski definition) is 0. The molecule has 0 N–H and O–H groups in total. The van der Waals surface area contributed by atoms with E-state index >= 15 is 0 Å². The SMILES string of the molecule is CO[C@H]1CC[C@@H]2CCOc3ccc(C#N)cc3C(=O)N(C)C[C@@H](OC)[C@H](C)C(=O)N(C)C[C@@H]1O2. The Balaban J connectivity index is 1.93. The quantitative estimate of drug-likeness (QED) is 0.648. The molecular formula is C25H35N3O6. The van der Waals surface area contributed by atoms with Crippen molar-refractivity contribution in [2.24, 2.45) is 5.92 Å². The highest BCUT2D eigenvalue weighted by atomic mass is 16.5. The molecule has 0 radical (unpaired) electrons. The third-order valence-corrected chi connectivity index (χ3v) is 6.77. The van der Waals surface area contributed by atoms with Crippen molar-refractivity contribution in [2.75, 3.05) is 48.0 Å². The zero-order chi connectivity index (χ0) is 24.8. The molecule has 0 aliphatic carbocycles. The largest absolute Gasteiger partial charge is 0.493 e. The van der Waals surface area contributed by atoms with Crippen molar-refractivity contribution >= 4 is 11.8 Å². The van der Waals surface area contributed by atoms with E-state index in [-0.39, 0.29) is 36.7 Å². The topological polar surface area (TPSA) is 101 Å². The van der Waals surface area contributed by atoms with Crippen molar-refractivity contribution in [2.45, 2.75) is 50.6 Å². The van der Waals surface area contributed by atoms with E-state index in [0.29, 0.717) is 36.4 Å². The Morgan fingerprint density at radius 2 is 1.76 bits per heavy atom. The van der Waals surface area contributed by atoms with Gasteiger partial charge in [0.05, 0.1) is 48.0 Å². The Bertz CT molecular complexity index is 916. The Hall–Kier alpha value is -2.67. The number of carbonyl (C=O) groups is 2. The first-order valence-corrected chi connectivity index (χ1v) is 11.7. The van der Waals surface area contributed by atoms with Gasteiger partial charge in [0.1, 0.15) is 11.9 Å². The minimum atomic E-state index is -0.515. The van der Waals surface area contributed by atoms with Gasteiger partial charge in [0.2, 0.25) is 5.91 Å². The maximum absolute atomic E-state index is 13.3. The van der Waals surface area contributed by atoms with Crippen LogP contribution < -0.4 is 4.74 Å². The van der Waals surface area contributed by atoms with E-state index in [1.807, 2.05) is 0 Å². The van der Waals surface area contributed by atoms with Crippen LogP contribution in [-0.4, -0.2) is 94.0 Å². The highest BCUT2D eigenvalue weighted by Gasteiger charge is 2.35. The summed E-state index contributed by atoms with van der Waals surface area (Å²) in [4.78, 5) is 29.7. The molecule has 9 heteroatoms. The number of nitriles is 1. The summed E-state index contributed by atoms with van der Waals surface area (Å²) in [6.07, 6.45) is 1.39. The first-order chi connectivity index (χ1) is 16.3. The van der Waals surface area contributed by atoms with Gasteiger partial charge < -0.3 is 28.7 Å². The summed E-state index contributed by atoms with van der Waals surface area (Å²) >= 11 is 0. The van der Waals surface area contributed by atoms with Gasteiger partial charge in [0.15, 0.2) is 0 Å². The van der Waals surface area contributed by atoms with Crippen LogP contribution in [0.1, 0.15) is 42.1 Å². The number of ether oxygens (including phenoxy) is 4. The number of amides is 2. The average Bonchev–Trinajstić information content (AvgIpc) is 2.85. The molecule has 0 spiro atoms. The van der Waals surface area contributed by atoms with Crippen LogP contribution in [0.2, 0.25) is 0 Å². The molecular weight excluding hydrogens is 438 g/mol. The Morgan fingerprint density at radius 1 is 1.03 bits per heavy atom. The average molecular weight is 474 g/mol. The van der Waals surface area contributed by atoms with E-state index < -0.39 is 12.0 Å². The number of likely N-dealkylation sites (N-methyl/N-ethyl adjacent to an activating group) is 2. The number of nitrogens with zero attached hydrogens (tertiary/aromatic N) is 3. The van der Waals surface area contributed by atoms with E-state index in [1.54, 1.807) is 45.2 Å². The van der Waals surface area contributed by atoms with Crippen LogP contribution in [0.25, 0.3) is 0 Å². The number of benzene rings is 1. The summed E-state index contributed by atoms with van der Waals surface area (Å²) in [6.45, 7) is 2.77. The fraction of sp³-hybridized carbons (Fsp3) is 0.640. The smallest absolute Gasteiger partial charge is 0.257 e. The van der Waals surface area contributed by atoms with Gasteiger partial charge in [-0.2, -0.15) is 5.26 Å². The van der Waals surface area contributed by atoms with Gasteiger partial charge >= 0.3 is 0 Å². The monoisotopic (exact) mass is 473 g/mol. The van der Waals surface area contributed by atoms with E-state index in [0.717, 1.165) is 12.8 Å². The molecule has 2 bridgehead atoms. The molecule has 1 fully saturated rings. The summed E-state index contributed by atoms with van der Waals surface area (Å²) in [5, 5.41) is 9.33. The van der Waals surface area contributed by atoms with E-state index in [1.165, 1.54) is 18.1 Å². The second-order valence-corrected chi connectivity index (χ2v) is 9.08. The van der Waals surface area contributed by atoms with E-state index in [2.05, 4.69) is 6.07 Å². The molecule has 5 atom stereocenters. The van der Waals surface area contributed by atoms with Crippen LogP contribution >= 0.6 is 0 Å². The van der Waals surface area contributed by atoms with Crippen molar-refractivity contribution < 1.29 is 28.5 Å². The Kier molecular flexibility index (Phi) is 8.89. The molecule has 1 aromatic carbocycles. The molecule has 0 unspecified atom stereocenters. The normalized spacial score (nSPS) is 29.2. The summed E-state index contributed by atoms with van der Waals surface area (Å²) in [7, 11) is 6.61. The van der Waals surface area contributed by atoms with Crippen LogP contribution in [-0.2, 0) is 19.0 Å². The molecule has 2 amide bonds. The maximum atomic E-state index is 13.3. The lowest BCUT2D eigenvalue weighted by molar-refractivity contribution is -0.154. The molecule has 3 rings (SSSR count). The highest BCUT2D eigenvalue weighted by Crippen LogP contribution is 2.27. The third kappa shape index (κ3) is 5.87. The Labute approximate surface area is 201 Å². The maximum Gasteiger partial charge on any atom is 0.257 e. The third-order valence-electron chi connectivity index (χ3n) is 6.77. The predicted molar refractivity (Wildman–Crippen MR) is 125 cm³/mol. The summed E-state index contributed by atoms with van der Waals surface area (Å²) < 4.78 is 23.6. The first kappa shape index (κ1) is 25.9. The predicted octanol–water partition coefficient (Wildman–Crippen LogP) is 2.08. The van der Waals surface area contributed by atoms with Crippen molar-refractivity contribution in [3.05, 3.63) is 29.3 Å². The summed E-state index contributed by atoms with van der Waals surface area (Å²) in [6, 6.07) is 6.90. The van der Waals surface area contributed by atoms with E-state index in [4.69, 9.17) is 18.9 Å². The second kappa shape index (κ2) is 11.6. The van der Waals surface area contributed by atoms with Crippen LogP contribution in [0, 0.1) is 17.2 Å². The zero-order valence-corrected chi connectivity index (χ0v) is 20.7. The molecule has 186 valence electrons. The molecule has 34 heavy (non-hydrogen) atoms. The van der Waals surface area contributed by atoms with Gasteiger partial charge in [-0.05, 0) is 31.0 Å². The van der Waals surface area contributed by atoms with Gasteiger partial charge in [0, 0.05) is 47.8 Å². The van der Waals surface area contributed by atoms with Crippen LogP contribution in [0.4, 0.5) is 0 Å². The molecule has 0 saturated carbocycles. The number of carbonyl (C=O) groups excluding carboxylic acids is 2. The summed E-state index contributed by atoms with van der Waals surface area (Å²) in [5.41, 5.74) is 0.678. The molecule has 2 aliphatic heterocycles. The molecule has 1 saturated heterocycles. The van der Waals surface area contributed by atoms with Gasteiger partial charge in [-0.15, -0.1) is 0 Å². The number of rotatable bonds is 2. The van der Waals surface area contributed by atoms with Crippen LogP contribution in [0.5, 0.6) is 5.75 Å². The molecule has 9 nitrogen and oxygen atoms in total. The number of hydrogen-bond acceptors (Lipinski definition) is 7. The lowest BCUT2D eigenvalue weighted by atomic mass is 9.97. The Morgan fingerprint density at radius 3 is 2.44 bits per heavy atom. The minimum absolute atomic E-state index is 0.0443. The molecule has 1 aromatic rings. The van der Waals surface area contributed by atoms with Gasteiger partial charge in [-0.3, -0.25) is 9.59 Å². The summed E-state index contributed by atoms with van der Waals surface area (Å²) in [5.74, 6) is -0.454. The van der Waals surface area contributed by atoms with Gasteiger partial charge in [-0.1, -0.05) is 6.92 Å². The first-order valence-electron chi connectivity index (χ1n) is 11.7. The van der Waals surface area contributed by atoms with E-state index in [9.17, 15) is 14.9 Å². The second-order valence-electron chi connectivity index (χ2n) is 9.08. The molecule has 2 aliphatic rings. The molecule has 0 aromatic heterocycles. The van der Waals surface area contributed by atoms with Crippen LogP contribution in [0.3, 0.4) is 0 Å². The van der Waals surface area contributed by atoms with Crippen LogP contribution in [0.15, 0.2) is 18.2 Å². The number of fused-ring (bicyclic) bond motifs is 3. The standard InChI is InChI=1S/C25H35N3O6/c1-16-22(32-5)14-28(3)25(30)19-12-17(13-26)6-8-20(19)33-11-10-18-7-9-21(31-4)23(34-18)15-27(2)24(16)29/h6,8,12,16,18,21-23H,7,9-11,14-15H2,1-5H3/t16-,18+,21-,22+,23-/m0/s1. The van der Waals surface area contributed by atoms with Crippen molar-refractivity contribution in [3.8, 4) is 11.8 Å². The fourth-order valence-corrected chi connectivity index (χ4v) is 4.64. The molecule has 2 heterocycles. The highest BCUT2D eigenvalue weighted by molar-refractivity contribution is 5.97. The fourth-order valence-electron chi connectivity index (χ4n) is 4.64. The van der Waals surface area contributed by atoms with Gasteiger partial charge in [0.25, 0.3) is 5.91 Å². The minimum Gasteiger partial charge on any atom is -0.493 e. The van der Waals surface area contributed by atoms with Crippen molar-refractivity contribution in [1.82, 2.24) is 9.80 Å². The van der Waals surface area contributed by atoms with Gasteiger partial charge in [-0.25, -0.2) is 0 Å². The van der Waals surface area contributed by atoms with Crippen molar-refractivity contribution in [3.63, 3.8) is 0 Å². The zero-order valence-electron chi connectivity index (χ0n) is 20.7. The number of methoxy groups -OCH3 is 2. The van der Waals surface area contributed by atoms with Crippen molar-refractivity contribution in [1.29, 1.82) is 5.26 Å².